The summed E-state index contributed by atoms with van der Waals surface area (Å²) in [5.74, 6) is 0. The van der Waals surface area contributed by atoms with Crippen LogP contribution >= 0.6 is 0 Å². The van der Waals surface area contributed by atoms with Crippen molar-refractivity contribution in [3.05, 3.63) is 0 Å². The molecule has 1 N–H and O–H groups in total. The van der Waals surface area contributed by atoms with Crippen molar-refractivity contribution in [1.29, 1.82) is 5.26 Å². The van der Waals surface area contributed by atoms with E-state index in [9.17, 15) is 0 Å². The maximum absolute atomic E-state index is 8.25. The van der Waals surface area contributed by atoms with Crippen molar-refractivity contribution in [1.82, 2.24) is 5.32 Å². The Kier molecular flexibility index (Phi) is 7.05. The van der Waals surface area contributed by atoms with E-state index in [-0.39, 0.29) is 0 Å². The van der Waals surface area contributed by atoms with Gasteiger partial charge < -0.3 is 4.74 Å². The number of nitriles is 1. The second kappa shape index (κ2) is 7.86. The van der Waals surface area contributed by atoms with E-state index in [0.29, 0.717) is 12.6 Å². The van der Waals surface area contributed by atoms with Crippen LogP contribution in [0.2, 0.25) is 0 Å². The number of hydrogen-bond acceptors (Lipinski definition) is 3. The van der Waals surface area contributed by atoms with Crippen LogP contribution in [-0.4, -0.2) is 19.7 Å². The van der Waals surface area contributed by atoms with Gasteiger partial charge >= 0.3 is 0 Å². The predicted molar refractivity (Wildman–Crippen MR) is 47.6 cm³/mol. The van der Waals surface area contributed by atoms with Gasteiger partial charge in [0.2, 0.25) is 0 Å². The standard InChI is InChI=1S/C8H15N3O/c1-3-4-5-6-12-8(10-2)11-7-9/h3-6H2,1-2H3,(H,10,11). The largest absolute Gasteiger partial charge is 0.465 e. The van der Waals surface area contributed by atoms with Crippen LogP contribution in [-0.2, 0) is 4.74 Å². The van der Waals surface area contributed by atoms with Crippen LogP contribution in [0.15, 0.2) is 4.99 Å². The fourth-order valence-corrected chi connectivity index (χ4v) is 0.725. The van der Waals surface area contributed by atoms with Gasteiger partial charge in [-0.2, -0.15) is 5.26 Å². The van der Waals surface area contributed by atoms with Crippen LogP contribution in [0.25, 0.3) is 0 Å². The molecule has 0 aromatic rings. The Balaban J connectivity index is 3.41. The van der Waals surface area contributed by atoms with Gasteiger partial charge in [0.25, 0.3) is 6.02 Å². The molecule has 0 aliphatic rings. The third kappa shape index (κ3) is 5.54. The zero-order chi connectivity index (χ0) is 9.23. The fourth-order valence-electron chi connectivity index (χ4n) is 0.725. The van der Waals surface area contributed by atoms with Crippen molar-refractivity contribution in [2.75, 3.05) is 13.7 Å². The topological polar surface area (TPSA) is 57.4 Å². The quantitative estimate of drug-likeness (QED) is 0.226. The summed E-state index contributed by atoms with van der Waals surface area (Å²) < 4.78 is 5.15. The summed E-state index contributed by atoms with van der Waals surface area (Å²) in [7, 11) is 1.58. The number of amidine groups is 1. The monoisotopic (exact) mass is 169 g/mol. The molecule has 4 nitrogen and oxygen atoms in total. The van der Waals surface area contributed by atoms with Crippen molar-refractivity contribution in [3.8, 4) is 6.19 Å². The lowest BCUT2D eigenvalue weighted by molar-refractivity contribution is 0.283. The Hall–Kier alpha value is -1.24. The van der Waals surface area contributed by atoms with Crippen LogP contribution in [0.3, 0.4) is 0 Å². The first-order chi connectivity index (χ1) is 5.85. The third-order valence-corrected chi connectivity index (χ3v) is 1.35. The first kappa shape index (κ1) is 10.8. The van der Waals surface area contributed by atoms with E-state index >= 15 is 0 Å². The van der Waals surface area contributed by atoms with E-state index in [1.54, 1.807) is 13.2 Å². The smallest absolute Gasteiger partial charge is 0.297 e. The van der Waals surface area contributed by atoms with Gasteiger partial charge in [0.05, 0.1) is 6.61 Å². The van der Waals surface area contributed by atoms with E-state index in [4.69, 9.17) is 10.00 Å². The Morgan fingerprint density at radius 2 is 2.33 bits per heavy atom. The molecule has 68 valence electrons. The van der Waals surface area contributed by atoms with Crippen LogP contribution in [0, 0.1) is 11.5 Å². The average molecular weight is 169 g/mol. The molecule has 0 radical (unpaired) electrons. The molecule has 0 aromatic carbocycles. The summed E-state index contributed by atoms with van der Waals surface area (Å²) in [4.78, 5) is 3.74. The molecule has 12 heavy (non-hydrogen) atoms. The number of hydrogen-bond donors (Lipinski definition) is 1. The van der Waals surface area contributed by atoms with Crippen molar-refractivity contribution in [2.45, 2.75) is 26.2 Å². The molecule has 0 spiro atoms. The molecule has 0 saturated heterocycles. The molecule has 0 aliphatic heterocycles. The number of rotatable bonds is 4. The molecule has 0 saturated carbocycles. The summed E-state index contributed by atoms with van der Waals surface area (Å²) in [6.45, 7) is 2.75. The first-order valence-electron chi connectivity index (χ1n) is 4.09. The molecule has 0 atom stereocenters. The molecule has 0 fully saturated rings. The van der Waals surface area contributed by atoms with E-state index in [1.807, 2.05) is 0 Å². The van der Waals surface area contributed by atoms with E-state index in [0.717, 1.165) is 19.3 Å². The van der Waals surface area contributed by atoms with Gasteiger partial charge in [0, 0.05) is 7.05 Å². The molecule has 0 bridgehead atoms. The van der Waals surface area contributed by atoms with Gasteiger partial charge in [-0.1, -0.05) is 19.8 Å². The van der Waals surface area contributed by atoms with Gasteiger partial charge in [-0.25, -0.2) is 10.3 Å². The van der Waals surface area contributed by atoms with Crippen molar-refractivity contribution >= 4 is 6.02 Å². The molecular formula is C8H15N3O. The molecule has 0 amide bonds. The van der Waals surface area contributed by atoms with E-state index in [2.05, 4.69) is 17.2 Å². The molecule has 0 aromatic heterocycles. The average Bonchev–Trinajstić information content (AvgIpc) is 2.10. The third-order valence-electron chi connectivity index (χ3n) is 1.35. The first-order valence-corrected chi connectivity index (χ1v) is 4.09. The second-order valence-corrected chi connectivity index (χ2v) is 2.32. The molecule has 4 heteroatoms. The van der Waals surface area contributed by atoms with Crippen molar-refractivity contribution < 1.29 is 4.74 Å². The van der Waals surface area contributed by atoms with Crippen LogP contribution < -0.4 is 5.32 Å². The highest BCUT2D eigenvalue weighted by Gasteiger charge is 1.95. The van der Waals surface area contributed by atoms with E-state index < -0.39 is 0 Å². The maximum atomic E-state index is 8.25. The highest BCUT2D eigenvalue weighted by Crippen LogP contribution is 1.93. The predicted octanol–water partition coefficient (Wildman–Crippen LogP) is 1.25. The maximum Gasteiger partial charge on any atom is 0.297 e. The van der Waals surface area contributed by atoms with Crippen molar-refractivity contribution in [3.63, 3.8) is 0 Å². The molecular weight excluding hydrogens is 154 g/mol. The lowest BCUT2D eigenvalue weighted by Crippen LogP contribution is -2.21. The number of nitrogens with one attached hydrogen (secondary N) is 1. The highest BCUT2D eigenvalue weighted by atomic mass is 16.5. The normalized spacial score (nSPS) is 10.6. The minimum absolute atomic E-state index is 0.300. The van der Waals surface area contributed by atoms with Gasteiger partial charge in [0.1, 0.15) is 0 Å². The Bertz CT molecular complexity index is 172. The minimum Gasteiger partial charge on any atom is -0.465 e. The van der Waals surface area contributed by atoms with Gasteiger partial charge in [-0.15, -0.1) is 0 Å². The molecule has 0 unspecified atom stereocenters. The molecule has 0 aliphatic carbocycles. The highest BCUT2D eigenvalue weighted by molar-refractivity contribution is 5.74. The van der Waals surface area contributed by atoms with Gasteiger partial charge in [0.15, 0.2) is 6.19 Å². The zero-order valence-corrected chi connectivity index (χ0v) is 7.63. The lowest BCUT2D eigenvalue weighted by Gasteiger charge is -2.04. The number of nitrogens with zero attached hydrogens (tertiary/aromatic N) is 2. The zero-order valence-electron chi connectivity index (χ0n) is 7.63. The fraction of sp³-hybridized carbons (Fsp3) is 0.750. The summed E-state index contributed by atoms with van der Waals surface area (Å²) in [5, 5.41) is 10.6. The molecule has 0 heterocycles. The summed E-state index contributed by atoms with van der Waals surface area (Å²) in [6.07, 6.45) is 5.06. The summed E-state index contributed by atoms with van der Waals surface area (Å²) in [5.41, 5.74) is 0. The van der Waals surface area contributed by atoms with Gasteiger partial charge in [-0.3, -0.25) is 0 Å². The number of aliphatic imine (C=N–C) groups is 1. The SMILES string of the molecule is CCCCCO/C(=N\C)NC#N. The van der Waals surface area contributed by atoms with Crippen molar-refractivity contribution in [2.24, 2.45) is 4.99 Å². The Labute approximate surface area is 73.2 Å². The summed E-state index contributed by atoms with van der Waals surface area (Å²) >= 11 is 0. The Morgan fingerprint density at radius 1 is 1.58 bits per heavy atom. The number of ether oxygens (including phenoxy) is 1. The van der Waals surface area contributed by atoms with E-state index in [1.165, 1.54) is 0 Å². The minimum atomic E-state index is 0.300. The molecule has 0 rings (SSSR count). The Morgan fingerprint density at radius 3 is 2.83 bits per heavy atom. The van der Waals surface area contributed by atoms with Crippen LogP contribution in [0.5, 0.6) is 0 Å². The summed E-state index contributed by atoms with van der Waals surface area (Å²) in [6, 6.07) is 0.300. The number of unbranched alkanes of at least 4 members (excludes halogenated alkanes) is 2. The lowest BCUT2D eigenvalue weighted by atomic mass is 10.3. The second-order valence-electron chi connectivity index (χ2n) is 2.32. The van der Waals surface area contributed by atoms with Gasteiger partial charge in [-0.05, 0) is 6.42 Å². The van der Waals surface area contributed by atoms with Crippen LogP contribution in [0.4, 0.5) is 0 Å². The van der Waals surface area contributed by atoms with Crippen LogP contribution in [0.1, 0.15) is 26.2 Å².